The molecule has 3 fully saturated rings. The summed E-state index contributed by atoms with van der Waals surface area (Å²) in [6.07, 6.45) is -8.01. The Morgan fingerprint density at radius 3 is 1.73 bits per heavy atom. The van der Waals surface area contributed by atoms with Gasteiger partial charge in [-0.15, -0.1) is 0 Å². The first kappa shape index (κ1) is 39.4. The highest BCUT2D eigenvalue weighted by Crippen LogP contribution is 2.39. The largest absolute Gasteiger partial charge is 0.374 e. The molecule has 292 valence electrons. The van der Waals surface area contributed by atoms with E-state index in [9.17, 15) is 11.1 Å². The van der Waals surface area contributed by atoms with Crippen LogP contribution in [0.1, 0.15) is 28.5 Å². The number of hydrogen-bond acceptors (Lipinski definition) is 11. The van der Waals surface area contributed by atoms with Crippen molar-refractivity contribution in [2.45, 2.75) is 87.4 Å². The van der Waals surface area contributed by atoms with Gasteiger partial charge >= 0.3 is 0 Å². The van der Waals surface area contributed by atoms with Gasteiger partial charge in [-0.25, -0.2) is 0 Å². The molecule has 0 unspecified atom stereocenters. The zero-order valence-electron chi connectivity index (χ0n) is 30.8. The number of hydrogen-bond donors (Lipinski definition) is 0. The highest BCUT2D eigenvalue weighted by atomic mass is 16.8. The van der Waals surface area contributed by atoms with Crippen molar-refractivity contribution < 1.29 is 42.6 Å². The van der Waals surface area contributed by atoms with Crippen LogP contribution in [0.2, 0.25) is 0 Å². The topological polar surface area (TPSA) is 181 Å². The molecule has 3 aliphatic heterocycles. The molecule has 0 radical (unpaired) electrons. The first-order chi connectivity index (χ1) is 27.6. The summed E-state index contributed by atoms with van der Waals surface area (Å²) in [5.74, 6) is 0. The van der Waals surface area contributed by atoms with Crippen LogP contribution in [0.25, 0.3) is 20.9 Å². The van der Waals surface area contributed by atoms with E-state index >= 15 is 0 Å². The van der Waals surface area contributed by atoms with Crippen molar-refractivity contribution in [3.05, 3.63) is 164 Å². The molecule has 0 spiro atoms. The predicted molar refractivity (Wildman–Crippen MR) is 201 cm³/mol. The highest BCUT2D eigenvalue weighted by Gasteiger charge is 2.55. The molecule has 56 heavy (non-hydrogen) atoms. The van der Waals surface area contributed by atoms with E-state index in [2.05, 4.69) is 20.1 Å². The molecule has 3 aliphatic rings. The van der Waals surface area contributed by atoms with Crippen LogP contribution in [0.3, 0.4) is 0 Å². The van der Waals surface area contributed by atoms with Crippen LogP contribution in [0.5, 0.6) is 0 Å². The summed E-state index contributed by atoms with van der Waals surface area (Å²) in [4.78, 5) is 6.33. The van der Waals surface area contributed by atoms with Gasteiger partial charge in [0.25, 0.3) is 0 Å². The van der Waals surface area contributed by atoms with E-state index in [0.29, 0.717) is 6.61 Å². The van der Waals surface area contributed by atoms with Crippen molar-refractivity contribution in [1.82, 2.24) is 0 Å². The van der Waals surface area contributed by atoms with Gasteiger partial charge in [0.05, 0.1) is 33.0 Å². The van der Waals surface area contributed by atoms with Crippen molar-refractivity contribution in [1.29, 1.82) is 0 Å². The Morgan fingerprint density at radius 2 is 1.16 bits per heavy atom. The molecular weight excluding hydrogens is 720 g/mol. The van der Waals surface area contributed by atoms with Gasteiger partial charge in [0.15, 0.2) is 18.9 Å². The summed E-state index contributed by atoms with van der Waals surface area (Å²) in [5.41, 5.74) is 23.3. The minimum Gasteiger partial charge on any atom is -0.374 e. The number of methoxy groups -OCH3 is 1. The molecule has 15 nitrogen and oxygen atoms in total. The summed E-state index contributed by atoms with van der Waals surface area (Å²) < 4.78 is 57.6. The van der Waals surface area contributed by atoms with Crippen LogP contribution < -0.4 is 0 Å². The van der Waals surface area contributed by atoms with E-state index in [4.69, 9.17) is 42.6 Å². The van der Waals surface area contributed by atoms with Gasteiger partial charge in [0.2, 0.25) is 0 Å². The standard InChI is InChI=1S/C41H44N6O9/c1-48-40-34(45-47-43)38(36-32(53-40)26-52-39(55-36)30-20-12-5-13-21-30)56-41-33(44-46-42)37(51-24-29-18-10-4-11-19-29)35(50-23-28-16-8-3-9-17-28)31(54-41)25-49-22-27-14-6-2-7-15-27/h2-21,31-41H,22-26H2,1H3/t31-,32-,33-,34-,35+,36+,37-,38-,39+,40-,41+/m1/s1. The quantitative estimate of drug-likeness (QED) is 0.0641. The summed E-state index contributed by atoms with van der Waals surface area (Å²) >= 11 is 0. The monoisotopic (exact) mass is 764 g/mol. The first-order valence-electron chi connectivity index (χ1n) is 18.5. The van der Waals surface area contributed by atoms with Crippen molar-refractivity contribution in [3.8, 4) is 0 Å². The molecule has 0 aliphatic carbocycles. The molecule has 7 rings (SSSR count). The van der Waals surface area contributed by atoms with E-state index in [1.54, 1.807) is 0 Å². The lowest BCUT2D eigenvalue weighted by atomic mass is 9.94. The number of benzene rings is 4. The SMILES string of the molecule is CO[C@@H]1O[C@@H]2CO[C@H](c3ccccc3)O[C@@H]2[C@H](O[C@@H]2O[C@H](COCc3ccccc3)[C@H](OCc3ccccc3)[C@H](OCc3ccccc3)[C@H]2N=[N+]=[N-])[C@H]1N=[N+]=[N-]. The van der Waals surface area contributed by atoms with Crippen molar-refractivity contribution >= 4 is 0 Å². The molecule has 3 saturated heterocycles. The van der Waals surface area contributed by atoms with E-state index in [0.717, 1.165) is 22.3 Å². The smallest absolute Gasteiger partial charge is 0.184 e. The number of rotatable bonds is 16. The number of azide groups is 2. The molecule has 4 aromatic carbocycles. The van der Waals surface area contributed by atoms with Gasteiger partial charge in [0.1, 0.15) is 48.7 Å². The van der Waals surface area contributed by atoms with Crippen LogP contribution in [0, 0.1) is 0 Å². The fourth-order valence-corrected chi connectivity index (χ4v) is 7.14. The Balaban J connectivity index is 1.23. The van der Waals surface area contributed by atoms with Crippen LogP contribution in [-0.4, -0.2) is 81.6 Å². The van der Waals surface area contributed by atoms with E-state index in [-0.39, 0.29) is 26.4 Å². The normalized spacial score (nSPS) is 30.0. The lowest BCUT2D eigenvalue weighted by Gasteiger charge is -2.50. The van der Waals surface area contributed by atoms with E-state index in [1.165, 1.54) is 7.11 Å². The van der Waals surface area contributed by atoms with Gasteiger partial charge in [-0.1, -0.05) is 132 Å². The zero-order chi connectivity index (χ0) is 38.5. The zero-order valence-corrected chi connectivity index (χ0v) is 30.8. The van der Waals surface area contributed by atoms with Gasteiger partial charge < -0.3 is 42.6 Å². The van der Waals surface area contributed by atoms with Crippen LogP contribution >= 0.6 is 0 Å². The number of ether oxygens (including phenoxy) is 9. The van der Waals surface area contributed by atoms with Crippen LogP contribution in [0.15, 0.2) is 132 Å². The van der Waals surface area contributed by atoms with Gasteiger partial charge in [-0.05, 0) is 27.8 Å². The molecule has 11 atom stereocenters. The average molecular weight is 765 g/mol. The molecule has 4 aromatic rings. The molecule has 0 saturated carbocycles. The first-order valence-corrected chi connectivity index (χ1v) is 18.5. The Labute approximate surface area is 324 Å². The van der Waals surface area contributed by atoms with E-state index < -0.39 is 67.6 Å². The van der Waals surface area contributed by atoms with Gasteiger partial charge in [-0.3, -0.25) is 0 Å². The van der Waals surface area contributed by atoms with E-state index in [1.807, 2.05) is 121 Å². The maximum Gasteiger partial charge on any atom is 0.184 e. The minimum absolute atomic E-state index is 0.0725. The molecule has 15 heteroatoms. The fourth-order valence-electron chi connectivity index (χ4n) is 7.14. The molecule has 0 bridgehead atoms. The molecule has 0 aromatic heterocycles. The summed E-state index contributed by atoms with van der Waals surface area (Å²) in [6, 6.07) is 36.5. The number of fused-ring (bicyclic) bond motifs is 1. The summed E-state index contributed by atoms with van der Waals surface area (Å²) in [6.45, 7) is 0.902. The molecule has 0 N–H and O–H groups in total. The van der Waals surface area contributed by atoms with Crippen LogP contribution in [-0.2, 0) is 62.5 Å². The third-order valence-electron chi connectivity index (χ3n) is 9.85. The molecule has 0 amide bonds. The molecule has 3 heterocycles. The molecular formula is C41H44N6O9. The van der Waals surface area contributed by atoms with Gasteiger partial charge in [-0.2, -0.15) is 0 Å². The maximum absolute atomic E-state index is 10.0. The predicted octanol–water partition coefficient (Wildman–Crippen LogP) is 7.33. The van der Waals surface area contributed by atoms with Crippen LogP contribution in [0.4, 0.5) is 0 Å². The minimum atomic E-state index is -1.26. The second kappa shape index (κ2) is 19.8. The van der Waals surface area contributed by atoms with Crippen molar-refractivity contribution in [2.75, 3.05) is 20.3 Å². The Kier molecular flexibility index (Phi) is 13.9. The highest BCUT2D eigenvalue weighted by molar-refractivity contribution is 5.18. The van der Waals surface area contributed by atoms with Crippen molar-refractivity contribution in [2.24, 2.45) is 10.2 Å². The third-order valence-corrected chi connectivity index (χ3v) is 9.85. The Hall–Kier alpha value is -4.86. The third kappa shape index (κ3) is 9.74. The lowest BCUT2D eigenvalue weighted by Crippen LogP contribution is -2.66. The number of nitrogens with zero attached hydrogens (tertiary/aromatic N) is 6. The Bertz CT molecular complexity index is 1890. The Morgan fingerprint density at radius 1 is 0.625 bits per heavy atom. The summed E-state index contributed by atoms with van der Waals surface area (Å²) in [5, 5.41) is 8.28. The second-order valence-corrected chi connectivity index (χ2v) is 13.5. The fraction of sp³-hybridized carbons (Fsp3) is 0.415. The average Bonchev–Trinajstić information content (AvgIpc) is 3.25. The van der Waals surface area contributed by atoms with Crippen molar-refractivity contribution in [3.63, 3.8) is 0 Å². The lowest BCUT2D eigenvalue weighted by molar-refractivity contribution is -0.368. The summed E-state index contributed by atoms with van der Waals surface area (Å²) in [7, 11) is 1.45. The second-order valence-electron chi connectivity index (χ2n) is 13.5. The van der Waals surface area contributed by atoms with Gasteiger partial charge in [0, 0.05) is 22.5 Å². The maximum atomic E-state index is 10.0.